The number of allylic oxidation sites excluding steroid dienone is 1. The minimum Gasteiger partial charge on any atom is -0.464 e. The number of rotatable bonds is 3. The maximum absolute atomic E-state index is 11.6. The van der Waals surface area contributed by atoms with E-state index in [1.54, 1.807) is 12.1 Å². The molecule has 4 nitrogen and oxygen atoms in total. The van der Waals surface area contributed by atoms with E-state index in [2.05, 4.69) is 4.74 Å². The zero-order chi connectivity index (χ0) is 12.1. The van der Waals surface area contributed by atoms with E-state index in [1.165, 1.54) is 7.11 Å². The van der Waals surface area contributed by atoms with Crippen LogP contribution < -0.4 is 5.73 Å². The number of carbonyl (C=O) groups is 2. The van der Waals surface area contributed by atoms with Crippen LogP contribution in [0, 0.1) is 6.92 Å². The number of esters is 1. The van der Waals surface area contributed by atoms with Gasteiger partial charge in [-0.15, -0.1) is 0 Å². The molecule has 0 aromatic heterocycles. The Morgan fingerprint density at radius 2 is 1.81 bits per heavy atom. The lowest BCUT2D eigenvalue weighted by Gasteiger charge is -1.99. The van der Waals surface area contributed by atoms with Crippen LogP contribution in [-0.2, 0) is 9.53 Å². The van der Waals surface area contributed by atoms with Crippen LogP contribution in [0.25, 0.3) is 0 Å². The van der Waals surface area contributed by atoms with Crippen molar-refractivity contribution in [2.45, 2.75) is 6.92 Å². The lowest BCUT2D eigenvalue weighted by molar-refractivity contribution is -0.136. The Kier molecular flexibility index (Phi) is 3.83. The molecule has 4 heteroatoms. The first-order valence-electron chi connectivity index (χ1n) is 4.71. The van der Waals surface area contributed by atoms with Crippen molar-refractivity contribution < 1.29 is 14.3 Å². The summed E-state index contributed by atoms with van der Waals surface area (Å²) in [6, 6.07) is 6.99. The summed E-state index contributed by atoms with van der Waals surface area (Å²) < 4.78 is 4.38. The Morgan fingerprint density at radius 3 is 2.31 bits per heavy atom. The monoisotopic (exact) mass is 219 g/mol. The Balaban J connectivity index is 2.87. The molecule has 1 rings (SSSR count). The van der Waals surface area contributed by atoms with Crippen molar-refractivity contribution in [1.82, 2.24) is 0 Å². The molecule has 0 bridgehead atoms. The van der Waals surface area contributed by atoms with E-state index in [0.717, 1.165) is 11.6 Å². The Labute approximate surface area is 93.7 Å². The zero-order valence-corrected chi connectivity index (χ0v) is 9.19. The summed E-state index contributed by atoms with van der Waals surface area (Å²) >= 11 is 0. The highest BCUT2D eigenvalue weighted by molar-refractivity contribution is 6.08. The van der Waals surface area contributed by atoms with Crippen LogP contribution in [0.2, 0.25) is 0 Å². The Morgan fingerprint density at radius 1 is 1.25 bits per heavy atom. The van der Waals surface area contributed by atoms with E-state index in [1.807, 2.05) is 19.1 Å². The molecule has 2 N–H and O–H groups in total. The van der Waals surface area contributed by atoms with Gasteiger partial charge in [-0.2, -0.15) is 0 Å². The quantitative estimate of drug-likeness (QED) is 0.471. The molecular formula is C12H13NO3. The van der Waals surface area contributed by atoms with Crippen LogP contribution in [0.5, 0.6) is 0 Å². The molecule has 0 fully saturated rings. The van der Waals surface area contributed by atoms with Crippen molar-refractivity contribution in [2.75, 3.05) is 7.11 Å². The Bertz CT molecular complexity index is 432. The van der Waals surface area contributed by atoms with Crippen LogP contribution >= 0.6 is 0 Å². The summed E-state index contributed by atoms with van der Waals surface area (Å²) in [7, 11) is 1.21. The second-order valence-corrected chi connectivity index (χ2v) is 3.32. The smallest absolute Gasteiger partial charge is 0.354 e. The van der Waals surface area contributed by atoms with Gasteiger partial charge in [-0.05, 0) is 6.92 Å². The third-order valence-corrected chi connectivity index (χ3v) is 2.04. The standard InChI is InChI=1S/C12H13NO3/c1-8-3-5-9(6-4-8)11(14)7-10(13)12(15)16-2/h3-7H,13H2,1-2H3/b10-7-. The van der Waals surface area contributed by atoms with Crippen molar-refractivity contribution in [3.05, 3.63) is 47.2 Å². The molecule has 0 spiro atoms. The van der Waals surface area contributed by atoms with Crippen molar-refractivity contribution in [3.63, 3.8) is 0 Å². The molecule has 16 heavy (non-hydrogen) atoms. The van der Waals surface area contributed by atoms with Crippen molar-refractivity contribution in [2.24, 2.45) is 5.73 Å². The van der Waals surface area contributed by atoms with E-state index in [9.17, 15) is 9.59 Å². The van der Waals surface area contributed by atoms with Gasteiger partial charge in [0.2, 0.25) is 0 Å². The number of benzene rings is 1. The summed E-state index contributed by atoms with van der Waals surface area (Å²) in [5, 5.41) is 0. The first kappa shape index (κ1) is 12.0. The zero-order valence-electron chi connectivity index (χ0n) is 9.19. The largest absolute Gasteiger partial charge is 0.464 e. The molecule has 0 heterocycles. The van der Waals surface area contributed by atoms with Crippen LogP contribution in [0.1, 0.15) is 15.9 Å². The fraction of sp³-hybridized carbons (Fsp3) is 0.167. The molecule has 0 atom stereocenters. The average molecular weight is 219 g/mol. The van der Waals surface area contributed by atoms with E-state index < -0.39 is 5.97 Å². The molecule has 0 saturated carbocycles. The van der Waals surface area contributed by atoms with Crippen LogP contribution in [0.15, 0.2) is 36.0 Å². The maximum Gasteiger partial charge on any atom is 0.354 e. The predicted molar refractivity (Wildman–Crippen MR) is 59.8 cm³/mol. The summed E-state index contributed by atoms with van der Waals surface area (Å²) in [5.41, 5.74) is 6.70. The van der Waals surface area contributed by atoms with Gasteiger partial charge in [0.05, 0.1) is 7.11 Å². The molecular weight excluding hydrogens is 206 g/mol. The number of methoxy groups -OCH3 is 1. The van der Waals surface area contributed by atoms with Gasteiger partial charge in [0.1, 0.15) is 5.70 Å². The highest BCUT2D eigenvalue weighted by atomic mass is 16.5. The molecule has 0 radical (unpaired) electrons. The number of nitrogens with two attached hydrogens (primary N) is 1. The summed E-state index contributed by atoms with van der Waals surface area (Å²) in [6.45, 7) is 1.92. The number of hydrogen-bond donors (Lipinski definition) is 1. The molecule has 84 valence electrons. The third kappa shape index (κ3) is 2.95. The first-order valence-corrected chi connectivity index (χ1v) is 4.71. The fourth-order valence-electron chi connectivity index (χ4n) is 1.12. The molecule has 0 aliphatic carbocycles. The van der Waals surface area contributed by atoms with Gasteiger partial charge < -0.3 is 10.5 Å². The van der Waals surface area contributed by atoms with E-state index in [-0.39, 0.29) is 11.5 Å². The topological polar surface area (TPSA) is 69.4 Å². The van der Waals surface area contributed by atoms with Gasteiger partial charge in [0, 0.05) is 11.6 Å². The van der Waals surface area contributed by atoms with Gasteiger partial charge in [0.25, 0.3) is 0 Å². The van der Waals surface area contributed by atoms with Crippen LogP contribution in [0.4, 0.5) is 0 Å². The number of aryl methyl sites for hydroxylation is 1. The van der Waals surface area contributed by atoms with Gasteiger partial charge >= 0.3 is 5.97 Å². The van der Waals surface area contributed by atoms with Crippen LogP contribution in [0.3, 0.4) is 0 Å². The number of carbonyl (C=O) groups excluding carboxylic acids is 2. The molecule has 0 amide bonds. The van der Waals surface area contributed by atoms with Crippen molar-refractivity contribution >= 4 is 11.8 Å². The highest BCUT2D eigenvalue weighted by Crippen LogP contribution is 2.05. The lowest BCUT2D eigenvalue weighted by atomic mass is 10.1. The molecule has 0 aliphatic heterocycles. The first-order chi connectivity index (χ1) is 7.54. The van der Waals surface area contributed by atoms with Gasteiger partial charge in [0.15, 0.2) is 5.78 Å². The van der Waals surface area contributed by atoms with Crippen LogP contribution in [-0.4, -0.2) is 18.9 Å². The lowest BCUT2D eigenvalue weighted by Crippen LogP contribution is -2.14. The summed E-state index contributed by atoms with van der Waals surface area (Å²) in [4.78, 5) is 22.6. The van der Waals surface area contributed by atoms with E-state index in [4.69, 9.17) is 5.73 Å². The third-order valence-electron chi connectivity index (χ3n) is 2.04. The van der Waals surface area contributed by atoms with Crippen molar-refractivity contribution in [1.29, 1.82) is 0 Å². The van der Waals surface area contributed by atoms with Crippen molar-refractivity contribution in [3.8, 4) is 0 Å². The Hall–Kier alpha value is -2.10. The maximum atomic E-state index is 11.6. The minimum atomic E-state index is -0.708. The SMILES string of the molecule is COC(=O)/C(N)=C/C(=O)c1ccc(C)cc1. The number of ether oxygens (including phenoxy) is 1. The van der Waals surface area contributed by atoms with Gasteiger partial charge in [-0.3, -0.25) is 4.79 Å². The second-order valence-electron chi connectivity index (χ2n) is 3.32. The normalized spacial score (nSPS) is 11.0. The average Bonchev–Trinajstić information content (AvgIpc) is 2.28. The fourth-order valence-corrected chi connectivity index (χ4v) is 1.12. The predicted octanol–water partition coefficient (Wildman–Crippen LogP) is 1.19. The summed E-state index contributed by atoms with van der Waals surface area (Å²) in [6.07, 6.45) is 1.07. The van der Waals surface area contributed by atoms with Gasteiger partial charge in [-0.1, -0.05) is 29.8 Å². The number of hydrogen-bond acceptors (Lipinski definition) is 4. The van der Waals surface area contributed by atoms with E-state index >= 15 is 0 Å². The van der Waals surface area contributed by atoms with E-state index in [0.29, 0.717) is 5.56 Å². The summed E-state index contributed by atoms with van der Waals surface area (Å²) in [5.74, 6) is -1.02. The molecule has 1 aromatic rings. The number of ketones is 1. The second kappa shape index (κ2) is 5.11. The highest BCUT2D eigenvalue weighted by Gasteiger charge is 2.08. The molecule has 1 aromatic carbocycles. The molecule has 0 aliphatic rings. The minimum absolute atomic E-state index is 0.201. The molecule has 0 saturated heterocycles. The van der Waals surface area contributed by atoms with Gasteiger partial charge in [-0.25, -0.2) is 4.79 Å². The molecule has 0 unspecified atom stereocenters.